The Morgan fingerprint density at radius 3 is 2.65 bits per heavy atom. The van der Waals surface area contributed by atoms with Crippen LogP contribution in [0.25, 0.3) is 0 Å². The first-order valence-corrected chi connectivity index (χ1v) is 8.15. The van der Waals surface area contributed by atoms with Crippen molar-refractivity contribution >= 4 is 0 Å². The van der Waals surface area contributed by atoms with Crippen molar-refractivity contribution in [1.82, 2.24) is 5.32 Å². The number of aliphatic hydroxyl groups excluding tert-OH is 1. The van der Waals surface area contributed by atoms with Crippen molar-refractivity contribution < 1.29 is 14.6 Å². The van der Waals surface area contributed by atoms with E-state index in [1.54, 1.807) is 0 Å². The van der Waals surface area contributed by atoms with Gasteiger partial charge in [-0.15, -0.1) is 0 Å². The van der Waals surface area contributed by atoms with Gasteiger partial charge in [-0.3, -0.25) is 0 Å². The topological polar surface area (TPSA) is 50.7 Å². The molecule has 0 fully saturated rings. The molecule has 23 heavy (non-hydrogen) atoms. The summed E-state index contributed by atoms with van der Waals surface area (Å²) >= 11 is 0. The number of benzene rings is 2. The molecule has 0 radical (unpaired) electrons. The van der Waals surface area contributed by atoms with Crippen molar-refractivity contribution in [3.8, 4) is 11.5 Å². The summed E-state index contributed by atoms with van der Waals surface area (Å²) in [7, 11) is 0. The Labute approximate surface area is 137 Å². The zero-order valence-corrected chi connectivity index (χ0v) is 13.2. The molecule has 122 valence electrons. The molecule has 3 rings (SSSR count). The van der Waals surface area contributed by atoms with E-state index < -0.39 is 0 Å². The first-order chi connectivity index (χ1) is 11.4. The number of hydrogen-bond acceptors (Lipinski definition) is 4. The van der Waals surface area contributed by atoms with E-state index in [4.69, 9.17) is 14.6 Å². The van der Waals surface area contributed by atoms with Crippen LogP contribution in [0.4, 0.5) is 0 Å². The standard InChI is InChI=1S/C19H23NO3/c21-11-5-9-17(15-6-2-1-3-7-15)20-14-16-8-4-10-18-19(16)23-13-12-22-18/h1-4,6-8,10,17,20-21H,5,9,11-14H2. The lowest BCUT2D eigenvalue weighted by Crippen LogP contribution is -2.23. The zero-order valence-electron chi connectivity index (χ0n) is 13.2. The van der Waals surface area contributed by atoms with Crippen LogP contribution in [0.3, 0.4) is 0 Å². The van der Waals surface area contributed by atoms with E-state index in [2.05, 4.69) is 23.5 Å². The highest BCUT2D eigenvalue weighted by Crippen LogP contribution is 2.34. The summed E-state index contributed by atoms with van der Waals surface area (Å²) in [6, 6.07) is 16.6. The number of hydrogen-bond donors (Lipinski definition) is 2. The van der Waals surface area contributed by atoms with Gasteiger partial charge in [0.2, 0.25) is 0 Å². The molecule has 2 aromatic rings. The molecule has 1 atom stereocenters. The van der Waals surface area contributed by atoms with Gasteiger partial charge in [-0.25, -0.2) is 0 Å². The summed E-state index contributed by atoms with van der Waals surface area (Å²) in [5, 5.41) is 12.7. The third-order valence-electron chi connectivity index (χ3n) is 4.04. The third kappa shape index (κ3) is 4.03. The first-order valence-electron chi connectivity index (χ1n) is 8.15. The quantitative estimate of drug-likeness (QED) is 0.825. The van der Waals surface area contributed by atoms with Crippen LogP contribution in [0.5, 0.6) is 11.5 Å². The summed E-state index contributed by atoms with van der Waals surface area (Å²) in [6.07, 6.45) is 1.67. The molecule has 0 amide bonds. The second kappa shape index (κ2) is 7.99. The molecule has 2 N–H and O–H groups in total. The average Bonchev–Trinajstić information content (AvgIpc) is 2.62. The molecule has 0 saturated heterocycles. The van der Waals surface area contributed by atoms with E-state index in [1.807, 2.05) is 30.3 Å². The molecule has 0 spiro atoms. The molecule has 0 bridgehead atoms. The van der Waals surface area contributed by atoms with Gasteiger partial charge in [-0.2, -0.15) is 0 Å². The van der Waals surface area contributed by atoms with Gasteiger partial charge in [-0.05, 0) is 24.5 Å². The smallest absolute Gasteiger partial charge is 0.165 e. The van der Waals surface area contributed by atoms with Crippen LogP contribution in [0, 0.1) is 0 Å². The lowest BCUT2D eigenvalue weighted by molar-refractivity contribution is 0.169. The number of para-hydroxylation sites is 1. The van der Waals surface area contributed by atoms with Gasteiger partial charge < -0.3 is 19.9 Å². The summed E-state index contributed by atoms with van der Waals surface area (Å²) in [5.74, 6) is 1.67. The van der Waals surface area contributed by atoms with Crippen LogP contribution in [0.1, 0.15) is 30.0 Å². The van der Waals surface area contributed by atoms with Gasteiger partial charge in [-0.1, -0.05) is 42.5 Å². The fourth-order valence-electron chi connectivity index (χ4n) is 2.87. The van der Waals surface area contributed by atoms with E-state index >= 15 is 0 Å². The minimum absolute atomic E-state index is 0.211. The van der Waals surface area contributed by atoms with Gasteiger partial charge >= 0.3 is 0 Å². The molecular formula is C19H23NO3. The van der Waals surface area contributed by atoms with E-state index in [0.29, 0.717) is 19.8 Å². The van der Waals surface area contributed by atoms with Gasteiger partial charge in [0.05, 0.1) is 0 Å². The van der Waals surface area contributed by atoms with E-state index in [9.17, 15) is 0 Å². The lowest BCUT2D eigenvalue weighted by Gasteiger charge is -2.23. The molecule has 2 aromatic carbocycles. The molecule has 1 aliphatic rings. The summed E-state index contributed by atoms with van der Waals surface area (Å²) in [4.78, 5) is 0. The van der Waals surface area contributed by atoms with Crippen LogP contribution in [0.15, 0.2) is 48.5 Å². The van der Waals surface area contributed by atoms with Crippen LogP contribution in [-0.2, 0) is 6.54 Å². The van der Waals surface area contributed by atoms with Crippen molar-refractivity contribution in [3.05, 3.63) is 59.7 Å². The van der Waals surface area contributed by atoms with E-state index in [1.165, 1.54) is 5.56 Å². The predicted molar refractivity (Wildman–Crippen MR) is 89.8 cm³/mol. The average molecular weight is 313 g/mol. The molecule has 1 aliphatic heterocycles. The fourth-order valence-corrected chi connectivity index (χ4v) is 2.87. The molecule has 4 nitrogen and oxygen atoms in total. The number of rotatable bonds is 7. The highest BCUT2D eigenvalue weighted by molar-refractivity contribution is 5.47. The Hall–Kier alpha value is -2.04. The molecule has 0 aliphatic carbocycles. The minimum Gasteiger partial charge on any atom is -0.486 e. The van der Waals surface area contributed by atoms with Crippen molar-refractivity contribution in [1.29, 1.82) is 0 Å². The fraction of sp³-hybridized carbons (Fsp3) is 0.368. The minimum atomic E-state index is 0.211. The molecular weight excluding hydrogens is 290 g/mol. The normalized spacial score (nSPS) is 14.5. The van der Waals surface area contributed by atoms with E-state index in [-0.39, 0.29) is 12.6 Å². The van der Waals surface area contributed by atoms with E-state index in [0.717, 1.165) is 29.9 Å². The molecule has 1 unspecified atom stereocenters. The number of fused-ring (bicyclic) bond motifs is 1. The maximum atomic E-state index is 9.14. The van der Waals surface area contributed by atoms with Gasteiger partial charge in [0, 0.05) is 24.8 Å². The Kier molecular flexibility index (Phi) is 5.51. The highest BCUT2D eigenvalue weighted by atomic mass is 16.6. The summed E-state index contributed by atoms with van der Waals surface area (Å²) in [5.41, 5.74) is 2.34. The highest BCUT2D eigenvalue weighted by Gasteiger charge is 2.17. The van der Waals surface area contributed by atoms with Crippen molar-refractivity contribution in [3.63, 3.8) is 0 Å². The number of aliphatic hydroxyl groups is 1. The van der Waals surface area contributed by atoms with Crippen LogP contribution >= 0.6 is 0 Å². The maximum Gasteiger partial charge on any atom is 0.165 e. The molecule has 1 heterocycles. The van der Waals surface area contributed by atoms with Gasteiger partial charge in [0.15, 0.2) is 11.5 Å². The zero-order chi connectivity index (χ0) is 15.9. The summed E-state index contributed by atoms with van der Waals surface area (Å²) < 4.78 is 11.4. The van der Waals surface area contributed by atoms with Crippen molar-refractivity contribution in [2.45, 2.75) is 25.4 Å². The molecule has 4 heteroatoms. The maximum absolute atomic E-state index is 9.14. The monoisotopic (exact) mass is 313 g/mol. The second-order valence-electron chi connectivity index (χ2n) is 5.65. The number of nitrogens with one attached hydrogen (secondary N) is 1. The number of ether oxygens (including phenoxy) is 2. The predicted octanol–water partition coefficient (Wildman–Crippen LogP) is 3.06. The second-order valence-corrected chi connectivity index (χ2v) is 5.65. The molecule has 0 aromatic heterocycles. The largest absolute Gasteiger partial charge is 0.486 e. The van der Waals surface area contributed by atoms with Gasteiger partial charge in [0.1, 0.15) is 13.2 Å². The van der Waals surface area contributed by atoms with Crippen LogP contribution < -0.4 is 14.8 Å². The first kappa shape index (κ1) is 15.8. The van der Waals surface area contributed by atoms with Gasteiger partial charge in [0.25, 0.3) is 0 Å². The van der Waals surface area contributed by atoms with Crippen molar-refractivity contribution in [2.24, 2.45) is 0 Å². The lowest BCUT2D eigenvalue weighted by atomic mass is 10.0. The third-order valence-corrected chi connectivity index (χ3v) is 4.04. The van der Waals surface area contributed by atoms with Crippen LogP contribution in [0.2, 0.25) is 0 Å². The molecule has 0 saturated carbocycles. The Balaban J connectivity index is 1.71. The SMILES string of the molecule is OCCCC(NCc1cccc2c1OCCO2)c1ccccc1. The Bertz CT molecular complexity index is 615. The Morgan fingerprint density at radius 1 is 1.00 bits per heavy atom. The van der Waals surface area contributed by atoms with Crippen molar-refractivity contribution in [2.75, 3.05) is 19.8 Å². The van der Waals surface area contributed by atoms with Crippen LogP contribution in [-0.4, -0.2) is 24.9 Å². The Morgan fingerprint density at radius 2 is 1.83 bits per heavy atom. The summed E-state index contributed by atoms with van der Waals surface area (Å²) in [6.45, 7) is 2.11.